The van der Waals surface area contributed by atoms with Crippen LogP contribution in [0.15, 0.2) is 0 Å². The van der Waals surface area contributed by atoms with Gasteiger partial charge in [-0.25, -0.2) is 0 Å². The number of rotatable bonds is 12. The zero-order valence-corrected chi connectivity index (χ0v) is 15.5. The largest absolute Gasteiger partial charge is 0.300 e. The van der Waals surface area contributed by atoms with Gasteiger partial charge in [0.2, 0.25) is 0 Å². The van der Waals surface area contributed by atoms with Crippen LogP contribution >= 0.6 is 15.9 Å². The van der Waals surface area contributed by atoms with Crippen molar-refractivity contribution < 1.29 is 0 Å². The summed E-state index contributed by atoms with van der Waals surface area (Å²) in [6.07, 6.45) is 15.8. The van der Waals surface area contributed by atoms with Crippen molar-refractivity contribution in [3.8, 4) is 0 Å². The van der Waals surface area contributed by atoms with Crippen LogP contribution in [0.3, 0.4) is 0 Å². The summed E-state index contributed by atoms with van der Waals surface area (Å²) in [5.74, 6) is 0.819. The van der Waals surface area contributed by atoms with Gasteiger partial charge >= 0.3 is 0 Å². The van der Waals surface area contributed by atoms with Crippen LogP contribution in [0, 0.1) is 5.92 Å². The summed E-state index contributed by atoms with van der Waals surface area (Å²) in [6, 6.07) is 0.913. The van der Waals surface area contributed by atoms with Gasteiger partial charge < -0.3 is 4.90 Å². The first kappa shape index (κ1) is 18.5. The van der Waals surface area contributed by atoms with Crippen LogP contribution in [0.5, 0.6) is 0 Å². The van der Waals surface area contributed by atoms with E-state index in [0.717, 1.165) is 12.0 Å². The third-order valence-electron chi connectivity index (χ3n) is 4.52. The minimum Gasteiger partial charge on any atom is -0.300 e. The van der Waals surface area contributed by atoms with Crippen LogP contribution < -0.4 is 0 Å². The fourth-order valence-electron chi connectivity index (χ4n) is 3.45. The second kappa shape index (κ2) is 12.0. The first-order chi connectivity index (χ1) is 9.74. The number of hydrogen-bond donors (Lipinski definition) is 0. The minimum atomic E-state index is 0.819. The van der Waals surface area contributed by atoms with Crippen molar-refractivity contribution in [3.63, 3.8) is 0 Å². The Morgan fingerprint density at radius 1 is 0.900 bits per heavy atom. The Hall–Kier alpha value is 0.440. The average Bonchev–Trinajstić information content (AvgIpc) is 2.94. The lowest BCUT2D eigenvalue weighted by Crippen LogP contribution is -2.37. The molecule has 0 radical (unpaired) electrons. The number of unbranched alkanes of at least 4 members (excludes halogenated alkanes) is 6. The van der Waals surface area contributed by atoms with E-state index in [1.807, 2.05) is 0 Å². The summed E-state index contributed by atoms with van der Waals surface area (Å²) in [7, 11) is 0. The summed E-state index contributed by atoms with van der Waals surface area (Å²) in [6.45, 7) is 7.40. The van der Waals surface area contributed by atoms with Crippen LogP contribution in [0.25, 0.3) is 0 Å². The highest BCUT2D eigenvalue weighted by Gasteiger charge is 2.22. The summed E-state index contributed by atoms with van der Waals surface area (Å²) < 4.78 is 0. The van der Waals surface area contributed by atoms with Crippen LogP contribution in [0.1, 0.15) is 84.5 Å². The molecule has 120 valence electrons. The Balaban J connectivity index is 2.06. The summed E-state index contributed by atoms with van der Waals surface area (Å²) in [4.78, 5) is 2.81. The van der Waals surface area contributed by atoms with Gasteiger partial charge in [-0.15, -0.1) is 0 Å². The minimum absolute atomic E-state index is 0.819. The highest BCUT2D eigenvalue weighted by atomic mass is 79.9. The predicted octanol–water partition coefficient (Wildman–Crippen LogP) is 6.01. The van der Waals surface area contributed by atoms with E-state index in [1.165, 1.54) is 89.0 Å². The molecule has 2 heteroatoms. The van der Waals surface area contributed by atoms with E-state index in [2.05, 4.69) is 34.7 Å². The Kier molecular flexibility index (Phi) is 11.1. The molecule has 0 heterocycles. The van der Waals surface area contributed by atoms with Gasteiger partial charge in [0, 0.05) is 17.9 Å². The summed E-state index contributed by atoms with van der Waals surface area (Å²) in [5, 5.41) is 1.18. The average molecular weight is 346 g/mol. The van der Waals surface area contributed by atoms with Crippen molar-refractivity contribution in [1.29, 1.82) is 0 Å². The van der Waals surface area contributed by atoms with Crippen molar-refractivity contribution in [3.05, 3.63) is 0 Å². The molecule has 0 N–H and O–H groups in total. The number of nitrogens with zero attached hydrogens (tertiary/aromatic N) is 1. The molecular weight excluding hydrogens is 310 g/mol. The molecule has 1 fully saturated rings. The third kappa shape index (κ3) is 8.67. The van der Waals surface area contributed by atoms with E-state index in [4.69, 9.17) is 0 Å². The lowest BCUT2D eigenvalue weighted by atomic mass is 10.1. The molecule has 1 saturated carbocycles. The molecule has 1 nitrogen and oxygen atoms in total. The first-order valence-corrected chi connectivity index (χ1v) is 10.2. The van der Waals surface area contributed by atoms with Gasteiger partial charge in [-0.1, -0.05) is 74.7 Å². The zero-order valence-electron chi connectivity index (χ0n) is 13.9. The highest BCUT2D eigenvalue weighted by molar-refractivity contribution is 9.09. The normalized spacial score (nSPS) is 16.6. The standard InChI is InChI=1S/C18H36BrN/c1-17(2)16-20(18-12-8-9-13-18)15-11-7-5-3-4-6-10-14-19/h17-18H,3-16H2,1-2H3. The molecular formula is C18H36BrN. The first-order valence-electron chi connectivity index (χ1n) is 9.04. The summed E-state index contributed by atoms with van der Waals surface area (Å²) >= 11 is 3.51. The lowest BCUT2D eigenvalue weighted by molar-refractivity contribution is 0.173. The Morgan fingerprint density at radius 2 is 1.45 bits per heavy atom. The van der Waals surface area contributed by atoms with Crippen LogP contribution in [-0.4, -0.2) is 29.4 Å². The third-order valence-corrected chi connectivity index (χ3v) is 5.08. The molecule has 0 bridgehead atoms. The van der Waals surface area contributed by atoms with Gasteiger partial charge in [0.1, 0.15) is 0 Å². The van der Waals surface area contributed by atoms with Gasteiger partial charge in [-0.3, -0.25) is 0 Å². The van der Waals surface area contributed by atoms with Gasteiger partial charge in [0.15, 0.2) is 0 Å². The topological polar surface area (TPSA) is 3.24 Å². The molecule has 0 aromatic rings. The van der Waals surface area contributed by atoms with E-state index in [-0.39, 0.29) is 0 Å². The molecule has 0 unspecified atom stereocenters. The molecule has 0 spiro atoms. The van der Waals surface area contributed by atoms with E-state index < -0.39 is 0 Å². The SMILES string of the molecule is CC(C)CN(CCCCCCCCCBr)C1CCCC1. The number of hydrogen-bond acceptors (Lipinski definition) is 1. The molecule has 0 saturated heterocycles. The second-order valence-electron chi connectivity index (χ2n) is 6.99. The van der Waals surface area contributed by atoms with E-state index >= 15 is 0 Å². The van der Waals surface area contributed by atoms with Crippen molar-refractivity contribution in [1.82, 2.24) is 4.90 Å². The number of alkyl halides is 1. The van der Waals surface area contributed by atoms with Gasteiger partial charge in [-0.05, 0) is 38.1 Å². The Labute approximate surface area is 136 Å². The van der Waals surface area contributed by atoms with E-state index in [1.54, 1.807) is 0 Å². The monoisotopic (exact) mass is 345 g/mol. The maximum Gasteiger partial charge on any atom is 0.00953 e. The predicted molar refractivity (Wildman–Crippen MR) is 94.8 cm³/mol. The van der Waals surface area contributed by atoms with Crippen molar-refractivity contribution in [2.45, 2.75) is 90.5 Å². The van der Waals surface area contributed by atoms with E-state index in [0.29, 0.717) is 0 Å². The van der Waals surface area contributed by atoms with Crippen LogP contribution in [0.2, 0.25) is 0 Å². The quantitative estimate of drug-likeness (QED) is 0.309. The molecule has 0 aliphatic heterocycles. The van der Waals surface area contributed by atoms with Crippen molar-refractivity contribution >= 4 is 15.9 Å². The molecule has 0 amide bonds. The Morgan fingerprint density at radius 3 is 2.00 bits per heavy atom. The molecule has 0 atom stereocenters. The smallest absolute Gasteiger partial charge is 0.00953 e. The van der Waals surface area contributed by atoms with Crippen LogP contribution in [-0.2, 0) is 0 Å². The molecule has 1 rings (SSSR count). The second-order valence-corrected chi connectivity index (χ2v) is 7.78. The van der Waals surface area contributed by atoms with Gasteiger partial charge in [0.25, 0.3) is 0 Å². The van der Waals surface area contributed by atoms with Crippen molar-refractivity contribution in [2.75, 3.05) is 18.4 Å². The molecule has 1 aliphatic carbocycles. The number of halogens is 1. The lowest BCUT2D eigenvalue weighted by Gasteiger charge is -2.30. The highest BCUT2D eigenvalue weighted by Crippen LogP contribution is 2.24. The molecule has 0 aromatic heterocycles. The summed E-state index contributed by atoms with van der Waals surface area (Å²) in [5.41, 5.74) is 0. The maximum absolute atomic E-state index is 3.51. The fraction of sp³-hybridized carbons (Fsp3) is 1.00. The maximum atomic E-state index is 3.51. The molecule has 1 aliphatic rings. The molecule has 20 heavy (non-hydrogen) atoms. The van der Waals surface area contributed by atoms with E-state index in [9.17, 15) is 0 Å². The van der Waals surface area contributed by atoms with Gasteiger partial charge in [-0.2, -0.15) is 0 Å². The Bertz CT molecular complexity index is 211. The van der Waals surface area contributed by atoms with Crippen molar-refractivity contribution in [2.24, 2.45) is 5.92 Å². The van der Waals surface area contributed by atoms with Gasteiger partial charge in [0.05, 0.1) is 0 Å². The zero-order chi connectivity index (χ0) is 14.6. The van der Waals surface area contributed by atoms with Crippen LogP contribution in [0.4, 0.5) is 0 Å². The fourth-order valence-corrected chi connectivity index (χ4v) is 3.85. The molecule has 0 aromatic carbocycles.